The highest BCUT2D eigenvalue weighted by atomic mass is 32.1. The molecule has 56 valence electrons. The summed E-state index contributed by atoms with van der Waals surface area (Å²) in [6, 6.07) is -0.692. The van der Waals surface area contributed by atoms with Gasteiger partial charge < -0.3 is 5.11 Å². The summed E-state index contributed by atoms with van der Waals surface area (Å²) in [6.45, 7) is 1.90. The molecule has 0 radical (unpaired) electrons. The summed E-state index contributed by atoms with van der Waals surface area (Å²) in [5.74, 6) is -0.931. The van der Waals surface area contributed by atoms with Crippen LogP contribution in [0.25, 0.3) is 0 Å². The van der Waals surface area contributed by atoms with Gasteiger partial charge in [-0.1, -0.05) is 13.3 Å². The molecular weight excluding hydrogens is 150 g/mol. The number of aliphatic carboxylic acids is 1. The van der Waals surface area contributed by atoms with Crippen molar-refractivity contribution >= 4 is 23.3 Å². The van der Waals surface area contributed by atoms with E-state index in [4.69, 9.17) is 5.11 Å². The number of hydrogen-bond donors (Lipinski definition) is 1. The van der Waals surface area contributed by atoms with Crippen molar-refractivity contribution in [1.82, 2.24) is 0 Å². The zero-order chi connectivity index (χ0) is 7.98. The first-order valence-electron chi connectivity index (χ1n) is 3.02. The Morgan fingerprint density at radius 1 is 1.90 bits per heavy atom. The van der Waals surface area contributed by atoms with Gasteiger partial charge in [0.15, 0.2) is 6.04 Å². The van der Waals surface area contributed by atoms with Gasteiger partial charge in [0.1, 0.15) is 0 Å². The number of carboxylic acid groups (broad SMARTS) is 1. The third-order valence-electron chi connectivity index (χ3n) is 1.06. The Balaban J connectivity index is 3.97. The summed E-state index contributed by atoms with van der Waals surface area (Å²) in [5, 5.41) is 10.5. The van der Waals surface area contributed by atoms with Gasteiger partial charge in [0, 0.05) is 0 Å². The van der Waals surface area contributed by atoms with Gasteiger partial charge in [-0.25, -0.2) is 9.79 Å². The van der Waals surface area contributed by atoms with E-state index in [0.717, 1.165) is 6.42 Å². The van der Waals surface area contributed by atoms with E-state index < -0.39 is 12.0 Å². The van der Waals surface area contributed by atoms with Crippen LogP contribution in [0.15, 0.2) is 4.99 Å². The van der Waals surface area contributed by atoms with Crippen LogP contribution >= 0.6 is 12.2 Å². The molecule has 0 aromatic carbocycles. The fourth-order valence-corrected chi connectivity index (χ4v) is 0.708. The quantitative estimate of drug-likeness (QED) is 0.497. The normalized spacial score (nSPS) is 11.7. The lowest BCUT2D eigenvalue weighted by Gasteiger charge is -2.00. The first kappa shape index (κ1) is 9.27. The van der Waals surface area contributed by atoms with E-state index >= 15 is 0 Å². The zero-order valence-corrected chi connectivity index (χ0v) is 6.52. The second-order valence-corrected chi connectivity index (χ2v) is 2.05. The van der Waals surface area contributed by atoms with Crippen LogP contribution in [0, 0.1) is 0 Å². The monoisotopic (exact) mass is 159 g/mol. The Labute approximate surface area is 64.8 Å². The van der Waals surface area contributed by atoms with Gasteiger partial charge in [-0.15, -0.1) is 0 Å². The Morgan fingerprint density at radius 3 is 2.80 bits per heavy atom. The van der Waals surface area contributed by atoms with Crippen molar-refractivity contribution in [3.8, 4) is 0 Å². The Morgan fingerprint density at radius 2 is 2.50 bits per heavy atom. The van der Waals surface area contributed by atoms with E-state index in [2.05, 4.69) is 22.4 Å². The topological polar surface area (TPSA) is 49.7 Å². The van der Waals surface area contributed by atoms with E-state index in [-0.39, 0.29) is 0 Å². The van der Waals surface area contributed by atoms with Crippen molar-refractivity contribution in [2.24, 2.45) is 4.99 Å². The number of nitrogens with zero attached hydrogens (tertiary/aromatic N) is 1. The summed E-state index contributed by atoms with van der Waals surface area (Å²) in [4.78, 5) is 13.8. The van der Waals surface area contributed by atoms with Crippen LogP contribution < -0.4 is 0 Å². The van der Waals surface area contributed by atoms with Crippen LogP contribution in [0.5, 0.6) is 0 Å². The number of rotatable bonds is 4. The summed E-state index contributed by atoms with van der Waals surface area (Å²) in [7, 11) is 0. The first-order valence-corrected chi connectivity index (χ1v) is 3.43. The predicted octanol–water partition coefficient (Wildman–Crippen LogP) is 1.34. The second kappa shape index (κ2) is 5.09. The van der Waals surface area contributed by atoms with Crippen molar-refractivity contribution in [2.75, 3.05) is 0 Å². The molecule has 0 unspecified atom stereocenters. The molecule has 0 fully saturated rings. The van der Waals surface area contributed by atoms with Gasteiger partial charge in [0.2, 0.25) is 0 Å². The average molecular weight is 159 g/mol. The van der Waals surface area contributed by atoms with Gasteiger partial charge in [-0.3, -0.25) is 0 Å². The fraction of sp³-hybridized carbons (Fsp3) is 0.667. The minimum absolute atomic E-state index is 0.527. The largest absolute Gasteiger partial charge is 0.480 e. The summed E-state index contributed by atoms with van der Waals surface area (Å²) >= 11 is 4.28. The third-order valence-corrected chi connectivity index (χ3v) is 1.16. The van der Waals surface area contributed by atoms with E-state index in [1.165, 1.54) is 0 Å². The number of aliphatic imine (C=N–C) groups is 1. The van der Waals surface area contributed by atoms with Gasteiger partial charge >= 0.3 is 5.97 Å². The van der Waals surface area contributed by atoms with Crippen LogP contribution in [-0.4, -0.2) is 22.3 Å². The van der Waals surface area contributed by atoms with Gasteiger partial charge in [0.05, 0.1) is 5.16 Å². The van der Waals surface area contributed by atoms with Crippen LogP contribution in [-0.2, 0) is 4.79 Å². The average Bonchev–Trinajstić information content (AvgIpc) is 1.87. The van der Waals surface area contributed by atoms with Crippen molar-refractivity contribution < 1.29 is 9.90 Å². The second-order valence-electron chi connectivity index (χ2n) is 1.86. The van der Waals surface area contributed by atoms with Crippen molar-refractivity contribution in [3.05, 3.63) is 0 Å². The number of carbonyl (C=O) groups is 1. The molecule has 0 aromatic heterocycles. The van der Waals surface area contributed by atoms with Crippen molar-refractivity contribution in [1.29, 1.82) is 0 Å². The minimum atomic E-state index is -0.931. The molecule has 10 heavy (non-hydrogen) atoms. The number of thiocarbonyl (C=S) groups is 1. The van der Waals surface area contributed by atoms with E-state index in [9.17, 15) is 4.79 Å². The molecule has 0 aliphatic carbocycles. The molecule has 4 heteroatoms. The molecule has 0 aliphatic heterocycles. The number of isothiocyanates is 1. The van der Waals surface area contributed by atoms with Crippen LogP contribution in [0.1, 0.15) is 19.8 Å². The van der Waals surface area contributed by atoms with Crippen LogP contribution in [0.3, 0.4) is 0 Å². The van der Waals surface area contributed by atoms with Crippen molar-refractivity contribution in [2.45, 2.75) is 25.8 Å². The highest BCUT2D eigenvalue weighted by Crippen LogP contribution is 2.00. The van der Waals surface area contributed by atoms with E-state index in [1.54, 1.807) is 0 Å². The molecule has 0 saturated carbocycles. The molecule has 0 saturated heterocycles. The first-order chi connectivity index (χ1) is 4.72. The maximum Gasteiger partial charge on any atom is 0.329 e. The third kappa shape index (κ3) is 3.33. The molecule has 0 rings (SSSR count). The van der Waals surface area contributed by atoms with Crippen LogP contribution in [0.2, 0.25) is 0 Å². The maximum absolute atomic E-state index is 10.3. The minimum Gasteiger partial charge on any atom is -0.480 e. The molecule has 1 atom stereocenters. The number of carboxylic acids is 1. The Kier molecular flexibility index (Phi) is 4.72. The summed E-state index contributed by atoms with van der Waals surface area (Å²) in [5.41, 5.74) is 0. The van der Waals surface area contributed by atoms with Gasteiger partial charge in [0.25, 0.3) is 0 Å². The zero-order valence-electron chi connectivity index (χ0n) is 5.70. The molecular formula is C6H9NO2S. The van der Waals surface area contributed by atoms with E-state index in [1.807, 2.05) is 6.92 Å². The highest BCUT2D eigenvalue weighted by Gasteiger charge is 2.12. The van der Waals surface area contributed by atoms with E-state index in [0.29, 0.717) is 6.42 Å². The lowest BCUT2D eigenvalue weighted by molar-refractivity contribution is -0.138. The van der Waals surface area contributed by atoms with Gasteiger partial charge in [-0.05, 0) is 18.6 Å². The van der Waals surface area contributed by atoms with Gasteiger partial charge in [-0.2, -0.15) is 0 Å². The molecule has 0 aromatic rings. The fourth-order valence-electron chi connectivity index (χ4n) is 0.580. The van der Waals surface area contributed by atoms with Crippen molar-refractivity contribution in [3.63, 3.8) is 0 Å². The molecule has 1 N–H and O–H groups in total. The lowest BCUT2D eigenvalue weighted by atomic mass is 10.2. The Hall–Kier alpha value is -0.730. The molecule has 0 spiro atoms. The lowest BCUT2D eigenvalue weighted by Crippen LogP contribution is -2.16. The smallest absolute Gasteiger partial charge is 0.329 e. The van der Waals surface area contributed by atoms with Crippen LogP contribution in [0.4, 0.5) is 0 Å². The molecule has 0 aliphatic rings. The SMILES string of the molecule is CCC[C@H](N=C=S)C(=O)O. The number of hydrogen-bond acceptors (Lipinski definition) is 3. The predicted molar refractivity (Wildman–Crippen MR) is 41.4 cm³/mol. The molecule has 0 amide bonds. The highest BCUT2D eigenvalue weighted by molar-refractivity contribution is 7.78. The standard InChI is InChI=1S/C6H9NO2S/c1-2-3-5(6(8)9)7-4-10/h5H,2-3H2,1H3,(H,8,9)/t5-/m0/s1. The maximum atomic E-state index is 10.3. The molecule has 3 nitrogen and oxygen atoms in total. The summed E-state index contributed by atoms with van der Waals surface area (Å²) in [6.07, 6.45) is 1.32. The molecule has 0 heterocycles. The Bertz CT molecular complexity index is 161. The molecule has 0 bridgehead atoms. The summed E-state index contributed by atoms with van der Waals surface area (Å²) < 4.78 is 0.